The molecule has 0 aliphatic carbocycles. The Morgan fingerprint density at radius 2 is 1.52 bits per heavy atom. The van der Waals surface area contributed by atoms with Crippen LogP contribution in [0.3, 0.4) is 0 Å². The van der Waals surface area contributed by atoms with Crippen LogP contribution in [0.15, 0.2) is 24.3 Å². The van der Waals surface area contributed by atoms with Crippen molar-refractivity contribution in [2.45, 2.75) is 104 Å². The standard InChI is InChI=1S/C26H40N2O/c1-4-7-9-10-11-12-13-20-25(29)28-26-21(16-6-3)23(18-8-5-2)27-24-19-15-14-17-22(24)26/h14-15,17,19H,4-13,16,18,20H2,1-3H3,(H,27,28,29). The molecule has 0 aliphatic rings. The normalized spacial score (nSPS) is 11.1. The molecule has 0 saturated carbocycles. The van der Waals surface area contributed by atoms with E-state index in [0.29, 0.717) is 6.42 Å². The summed E-state index contributed by atoms with van der Waals surface area (Å²) < 4.78 is 0. The van der Waals surface area contributed by atoms with Crippen LogP contribution in [0.5, 0.6) is 0 Å². The second-order valence-corrected chi connectivity index (χ2v) is 8.20. The van der Waals surface area contributed by atoms with Crippen LogP contribution < -0.4 is 5.32 Å². The number of hydrogen-bond donors (Lipinski definition) is 1. The predicted octanol–water partition coefficient (Wildman–Crippen LogP) is 7.61. The van der Waals surface area contributed by atoms with Crippen molar-refractivity contribution in [3.05, 3.63) is 35.5 Å². The van der Waals surface area contributed by atoms with Crippen molar-refractivity contribution >= 4 is 22.5 Å². The van der Waals surface area contributed by atoms with Gasteiger partial charge in [-0.05, 0) is 37.3 Å². The Morgan fingerprint density at radius 3 is 2.24 bits per heavy atom. The third-order valence-electron chi connectivity index (χ3n) is 5.62. The van der Waals surface area contributed by atoms with Crippen LogP contribution in [0.1, 0.15) is 103 Å². The van der Waals surface area contributed by atoms with Gasteiger partial charge in [0, 0.05) is 17.5 Å². The first kappa shape index (κ1) is 23.4. The van der Waals surface area contributed by atoms with Gasteiger partial charge in [0.2, 0.25) is 5.91 Å². The van der Waals surface area contributed by atoms with Gasteiger partial charge in [-0.1, -0.05) is 90.3 Å². The van der Waals surface area contributed by atoms with Crippen LogP contribution in [0, 0.1) is 0 Å². The van der Waals surface area contributed by atoms with Crippen molar-refractivity contribution in [3.8, 4) is 0 Å². The molecule has 0 aliphatic heterocycles. The number of nitrogens with zero attached hydrogens (tertiary/aromatic N) is 1. The fourth-order valence-corrected chi connectivity index (χ4v) is 3.96. The van der Waals surface area contributed by atoms with Crippen LogP contribution in [-0.4, -0.2) is 10.9 Å². The largest absolute Gasteiger partial charge is 0.325 e. The second kappa shape index (κ2) is 13.3. The van der Waals surface area contributed by atoms with Crippen molar-refractivity contribution in [2.75, 3.05) is 5.32 Å². The van der Waals surface area contributed by atoms with Gasteiger partial charge in [-0.15, -0.1) is 0 Å². The number of carbonyl (C=O) groups excluding carboxylic acids is 1. The monoisotopic (exact) mass is 396 g/mol. The minimum Gasteiger partial charge on any atom is -0.325 e. The lowest BCUT2D eigenvalue weighted by molar-refractivity contribution is -0.116. The summed E-state index contributed by atoms with van der Waals surface area (Å²) in [4.78, 5) is 17.7. The Bertz CT molecular complexity index is 754. The van der Waals surface area contributed by atoms with E-state index in [9.17, 15) is 4.79 Å². The van der Waals surface area contributed by atoms with E-state index in [1.165, 1.54) is 43.4 Å². The van der Waals surface area contributed by atoms with Gasteiger partial charge in [0.25, 0.3) is 0 Å². The number of aromatic nitrogens is 1. The number of rotatable bonds is 14. The van der Waals surface area contributed by atoms with Gasteiger partial charge in [-0.25, -0.2) is 0 Å². The summed E-state index contributed by atoms with van der Waals surface area (Å²) in [6, 6.07) is 8.22. The summed E-state index contributed by atoms with van der Waals surface area (Å²) in [5, 5.41) is 4.36. The first-order valence-electron chi connectivity index (χ1n) is 11.9. The molecule has 1 amide bonds. The molecule has 29 heavy (non-hydrogen) atoms. The number of aryl methyl sites for hydroxylation is 1. The first-order valence-corrected chi connectivity index (χ1v) is 11.9. The molecule has 160 valence electrons. The number of fused-ring (bicyclic) bond motifs is 1. The predicted molar refractivity (Wildman–Crippen MR) is 126 cm³/mol. The fourth-order valence-electron chi connectivity index (χ4n) is 3.96. The molecule has 0 unspecified atom stereocenters. The second-order valence-electron chi connectivity index (χ2n) is 8.20. The van der Waals surface area contributed by atoms with E-state index >= 15 is 0 Å². The number of para-hydroxylation sites is 1. The van der Waals surface area contributed by atoms with Crippen LogP contribution in [0.4, 0.5) is 5.69 Å². The van der Waals surface area contributed by atoms with Gasteiger partial charge in [0.15, 0.2) is 0 Å². The van der Waals surface area contributed by atoms with E-state index in [0.717, 1.165) is 61.5 Å². The summed E-state index contributed by atoms with van der Waals surface area (Å²) in [6.07, 6.45) is 14.5. The van der Waals surface area contributed by atoms with Crippen LogP contribution in [0.2, 0.25) is 0 Å². The molecule has 3 heteroatoms. The molecule has 2 rings (SSSR count). The quantitative estimate of drug-likeness (QED) is 0.334. The molecule has 1 aromatic heterocycles. The molecule has 0 atom stereocenters. The highest BCUT2D eigenvalue weighted by Crippen LogP contribution is 2.31. The first-order chi connectivity index (χ1) is 14.2. The zero-order valence-electron chi connectivity index (χ0n) is 18.9. The molecule has 1 N–H and O–H groups in total. The maximum atomic E-state index is 12.7. The van der Waals surface area contributed by atoms with E-state index in [1.54, 1.807) is 0 Å². The number of pyridine rings is 1. The van der Waals surface area contributed by atoms with Gasteiger partial charge in [-0.2, -0.15) is 0 Å². The minimum atomic E-state index is 0.147. The molecular weight excluding hydrogens is 356 g/mol. The Hall–Kier alpha value is -1.90. The van der Waals surface area contributed by atoms with E-state index in [4.69, 9.17) is 4.98 Å². The molecule has 0 spiro atoms. The van der Waals surface area contributed by atoms with Crippen LogP contribution >= 0.6 is 0 Å². The fraction of sp³-hybridized carbons (Fsp3) is 0.615. The minimum absolute atomic E-state index is 0.147. The Morgan fingerprint density at radius 1 is 0.828 bits per heavy atom. The number of unbranched alkanes of at least 4 members (excludes halogenated alkanes) is 7. The molecule has 2 aromatic rings. The van der Waals surface area contributed by atoms with E-state index in [-0.39, 0.29) is 5.91 Å². The molecule has 1 aromatic carbocycles. The number of hydrogen-bond acceptors (Lipinski definition) is 2. The number of amides is 1. The lowest BCUT2D eigenvalue weighted by Crippen LogP contribution is -2.15. The third-order valence-corrected chi connectivity index (χ3v) is 5.62. The van der Waals surface area contributed by atoms with Crippen molar-refractivity contribution in [2.24, 2.45) is 0 Å². The molecule has 0 radical (unpaired) electrons. The van der Waals surface area contributed by atoms with Crippen molar-refractivity contribution in [1.29, 1.82) is 0 Å². The third kappa shape index (κ3) is 7.45. The Balaban J connectivity index is 2.10. The van der Waals surface area contributed by atoms with E-state index in [1.807, 2.05) is 12.1 Å². The van der Waals surface area contributed by atoms with Gasteiger partial charge >= 0.3 is 0 Å². The SMILES string of the molecule is CCCCCCCCCC(=O)Nc1c(CCC)c(CCCC)nc2ccccc12. The summed E-state index contributed by atoms with van der Waals surface area (Å²) in [5.41, 5.74) is 4.41. The number of anilines is 1. The summed E-state index contributed by atoms with van der Waals surface area (Å²) in [7, 11) is 0. The maximum absolute atomic E-state index is 12.7. The van der Waals surface area contributed by atoms with Crippen LogP contribution in [-0.2, 0) is 17.6 Å². The average Bonchev–Trinajstić information content (AvgIpc) is 2.73. The highest BCUT2D eigenvalue weighted by atomic mass is 16.1. The smallest absolute Gasteiger partial charge is 0.224 e. The van der Waals surface area contributed by atoms with Crippen LogP contribution in [0.25, 0.3) is 10.9 Å². The summed E-state index contributed by atoms with van der Waals surface area (Å²) in [5.74, 6) is 0.147. The van der Waals surface area contributed by atoms with Crippen molar-refractivity contribution in [1.82, 2.24) is 4.98 Å². The molecule has 1 heterocycles. The Kier molecular flexibility index (Phi) is 10.8. The number of nitrogens with one attached hydrogen (secondary N) is 1. The lowest BCUT2D eigenvalue weighted by Gasteiger charge is -2.18. The van der Waals surface area contributed by atoms with E-state index in [2.05, 4.69) is 38.2 Å². The highest BCUT2D eigenvalue weighted by Gasteiger charge is 2.16. The molecule has 3 nitrogen and oxygen atoms in total. The highest BCUT2D eigenvalue weighted by molar-refractivity contribution is 6.02. The Labute approximate surface area is 177 Å². The number of carbonyl (C=O) groups is 1. The molecule has 0 bridgehead atoms. The van der Waals surface area contributed by atoms with E-state index < -0.39 is 0 Å². The topological polar surface area (TPSA) is 42.0 Å². The molecule has 0 saturated heterocycles. The van der Waals surface area contributed by atoms with Gasteiger partial charge < -0.3 is 5.32 Å². The van der Waals surface area contributed by atoms with Crippen molar-refractivity contribution in [3.63, 3.8) is 0 Å². The number of benzene rings is 1. The summed E-state index contributed by atoms with van der Waals surface area (Å²) >= 11 is 0. The average molecular weight is 397 g/mol. The van der Waals surface area contributed by atoms with Gasteiger partial charge in [-0.3, -0.25) is 9.78 Å². The lowest BCUT2D eigenvalue weighted by atomic mass is 9.98. The zero-order valence-corrected chi connectivity index (χ0v) is 18.9. The van der Waals surface area contributed by atoms with Crippen molar-refractivity contribution < 1.29 is 4.79 Å². The summed E-state index contributed by atoms with van der Waals surface area (Å²) in [6.45, 7) is 6.65. The maximum Gasteiger partial charge on any atom is 0.224 e. The van der Waals surface area contributed by atoms with Gasteiger partial charge in [0.05, 0.1) is 11.2 Å². The molecular formula is C26H40N2O. The van der Waals surface area contributed by atoms with Gasteiger partial charge in [0.1, 0.15) is 0 Å². The molecule has 0 fully saturated rings. The zero-order chi connectivity index (χ0) is 20.9.